The van der Waals surface area contributed by atoms with Crippen LogP contribution in [0.25, 0.3) is 10.2 Å². The van der Waals surface area contributed by atoms with Gasteiger partial charge in [0.1, 0.15) is 5.84 Å². The lowest BCUT2D eigenvalue weighted by atomic mass is 10.1. The van der Waals surface area contributed by atoms with E-state index in [2.05, 4.69) is 15.0 Å². The number of aliphatic hydroxyl groups is 1. The highest BCUT2D eigenvalue weighted by Crippen LogP contribution is 2.27. The third-order valence-electron chi connectivity index (χ3n) is 3.39. The van der Waals surface area contributed by atoms with Gasteiger partial charge in [-0.3, -0.25) is 0 Å². The summed E-state index contributed by atoms with van der Waals surface area (Å²) in [5, 5.41) is 10.2. The highest BCUT2D eigenvalue weighted by atomic mass is 32.1. The van der Waals surface area contributed by atoms with E-state index in [9.17, 15) is 5.11 Å². The smallest absolute Gasteiger partial charge is 0.224 e. The molecule has 0 saturated carbocycles. The Kier molecular flexibility index (Phi) is 4.54. The van der Waals surface area contributed by atoms with Crippen molar-refractivity contribution in [2.75, 3.05) is 0 Å². The van der Waals surface area contributed by atoms with Crippen molar-refractivity contribution < 1.29 is 5.11 Å². The fourth-order valence-electron chi connectivity index (χ4n) is 2.18. The van der Waals surface area contributed by atoms with Crippen LogP contribution in [0.2, 0.25) is 0 Å². The molecule has 0 aliphatic rings. The van der Waals surface area contributed by atoms with Crippen molar-refractivity contribution in [3.8, 4) is 0 Å². The van der Waals surface area contributed by atoms with Crippen LogP contribution >= 0.6 is 11.3 Å². The molecule has 0 fully saturated rings. The van der Waals surface area contributed by atoms with Gasteiger partial charge in [-0.15, -0.1) is 0 Å². The topological polar surface area (TPSA) is 110 Å². The van der Waals surface area contributed by atoms with E-state index in [0.29, 0.717) is 10.7 Å². The zero-order valence-electron chi connectivity index (χ0n) is 13.0. The Hall–Kier alpha value is -2.77. The quantitative estimate of drug-likeness (QED) is 0.503. The molecule has 1 heterocycles. The van der Waals surface area contributed by atoms with Gasteiger partial charge in [-0.2, -0.15) is 9.98 Å². The third-order valence-corrected chi connectivity index (χ3v) is 4.32. The summed E-state index contributed by atoms with van der Waals surface area (Å²) in [6.45, 7) is 1.69. The molecular formula is C17H17N5OS. The standard InChI is InChI=1S/C17H17N5OS/c1-10(23)11-5-4-6-12(9-11)15(18)21-16(19)22-17-20-13-7-2-3-8-14(13)24-17/h2-10,23H,1H3,(H4,18,19,20,21,22). The summed E-state index contributed by atoms with van der Waals surface area (Å²) >= 11 is 1.43. The van der Waals surface area contributed by atoms with Crippen LogP contribution in [-0.4, -0.2) is 21.9 Å². The number of amidine groups is 1. The lowest BCUT2D eigenvalue weighted by Gasteiger charge is -2.07. The molecule has 0 aliphatic carbocycles. The van der Waals surface area contributed by atoms with Crippen LogP contribution in [0.4, 0.5) is 5.13 Å². The molecule has 7 heteroatoms. The van der Waals surface area contributed by atoms with E-state index in [4.69, 9.17) is 11.5 Å². The minimum atomic E-state index is -0.577. The Morgan fingerprint density at radius 1 is 1.17 bits per heavy atom. The highest BCUT2D eigenvalue weighted by Gasteiger charge is 2.06. The molecule has 1 atom stereocenters. The van der Waals surface area contributed by atoms with E-state index in [1.165, 1.54) is 11.3 Å². The number of aliphatic hydroxyl groups excluding tert-OH is 1. The molecule has 24 heavy (non-hydrogen) atoms. The second-order valence-corrected chi connectivity index (χ2v) is 6.24. The van der Waals surface area contributed by atoms with E-state index in [1.807, 2.05) is 30.3 Å². The first-order valence-electron chi connectivity index (χ1n) is 7.35. The summed E-state index contributed by atoms with van der Waals surface area (Å²) < 4.78 is 1.03. The molecule has 0 aliphatic heterocycles. The fourth-order valence-corrected chi connectivity index (χ4v) is 3.02. The van der Waals surface area contributed by atoms with E-state index < -0.39 is 6.10 Å². The molecule has 5 N–H and O–H groups in total. The van der Waals surface area contributed by atoms with Gasteiger partial charge in [0.05, 0.1) is 16.3 Å². The van der Waals surface area contributed by atoms with Gasteiger partial charge in [-0.25, -0.2) is 4.98 Å². The minimum absolute atomic E-state index is 0.0361. The normalized spacial score (nSPS) is 14.1. The number of aliphatic imine (C=N–C) groups is 2. The number of hydrogen-bond donors (Lipinski definition) is 3. The van der Waals surface area contributed by atoms with E-state index in [-0.39, 0.29) is 11.8 Å². The van der Waals surface area contributed by atoms with Crippen molar-refractivity contribution >= 4 is 38.5 Å². The molecule has 6 nitrogen and oxygen atoms in total. The van der Waals surface area contributed by atoms with Gasteiger partial charge in [0.25, 0.3) is 0 Å². The van der Waals surface area contributed by atoms with E-state index in [1.54, 1.807) is 25.1 Å². The maximum atomic E-state index is 9.64. The van der Waals surface area contributed by atoms with Gasteiger partial charge >= 0.3 is 0 Å². The van der Waals surface area contributed by atoms with E-state index >= 15 is 0 Å². The first-order valence-corrected chi connectivity index (χ1v) is 8.17. The van der Waals surface area contributed by atoms with Gasteiger partial charge in [0, 0.05) is 5.56 Å². The number of nitrogens with two attached hydrogens (primary N) is 2. The summed E-state index contributed by atoms with van der Waals surface area (Å²) in [5.41, 5.74) is 14.2. The van der Waals surface area contributed by atoms with Gasteiger partial charge in [0.2, 0.25) is 11.1 Å². The molecule has 0 saturated heterocycles. The zero-order chi connectivity index (χ0) is 17.1. The molecular weight excluding hydrogens is 322 g/mol. The number of benzene rings is 2. The molecule has 122 valence electrons. The van der Waals surface area contributed by atoms with Crippen molar-refractivity contribution in [1.82, 2.24) is 4.98 Å². The Bertz CT molecular complexity index is 896. The van der Waals surface area contributed by atoms with Crippen LogP contribution < -0.4 is 11.5 Å². The van der Waals surface area contributed by atoms with Gasteiger partial charge in [0.15, 0.2) is 0 Å². The molecule has 3 rings (SSSR count). The maximum absolute atomic E-state index is 9.64. The second kappa shape index (κ2) is 6.77. The third kappa shape index (κ3) is 3.58. The van der Waals surface area contributed by atoms with Crippen molar-refractivity contribution in [2.45, 2.75) is 13.0 Å². The number of aromatic nitrogens is 1. The molecule has 0 amide bonds. The van der Waals surface area contributed by atoms with Crippen molar-refractivity contribution in [3.63, 3.8) is 0 Å². The van der Waals surface area contributed by atoms with Crippen LogP contribution in [0.1, 0.15) is 24.2 Å². The van der Waals surface area contributed by atoms with Gasteiger partial charge in [-0.1, -0.05) is 41.7 Å². The summed E-state index contributed by atoms with van der Waals surface area (Å²) in [4.78, 5) is 12.7. The molecule has 1 unspecified atom stereocenters. The molecule has 1 aromatic heterocycles. The average Bonchev–Trinajstić information content (AvgIpc) is 2.96. The van der Waals surface area contributed by atoms with Crippen molar-refractivity contribution in [1.29, 1.82) is 0 Å². The lowest BCUT2D eigenvalue weighted by molar-refractivity contribution is 0.199. The predicted molar refractivity (Wildman–Crippen MR) is 98.7 cm³/mol. The second-order valence-electron chi connectivity index (χ2n) is 5.23. The highest BCUT2D eigenvalue weighted by molar-refractivity contribution is 7.22. The van der Waals surface area contributed by atoms with Crippen LogP contribution in [0.15, 0.2) is 58.5 Å². The van der Waals surface area contributed by atoms with Crippen LogP contribution in [0.5, 0.6) is 0 Å². The zero-order valence-corrected chi connectivity index (χ0v) is 13.9. The predicted octanol–water partition coefficient (Wildman–Crippen LogP) is 2.70. The van der Waals surface area contributed by atoms with Crippen LogP contribution in [-0.2, 0) is 0 Å². The SMILES string of the molecule is CC(O)c1cccc(/C(N)=N/C(N)=N/c2nc3ccccc3s2)c1. The number of guanidine groups is 1. The van der Waals surface area contributed by atoms with E-state index in [0.717, 1.165) is 15.8 Å². The Morgan fingerprint density at radius 2 is 1.96 bits per heavy atom. The summed E-state index contributed by atoms with van der Waals surface area (Å²) in [7, 11) is 0. The first kappa shape index (κ1) is 16.1. The summed E-state index contributed by atoms with van der Waals surface area (Å²) in [6, 6.07) is 15.0. The molecule has 0 spiro atoms. The summed E-state index contributed by atoms with van der Waals surface area (Å²) in [6.07, 6.45) is -0.577. The Morgan fingerprint density at radius 3 is 2.71 bits per heavy atom. The first-order chi connectivity index (χ1) is 11.5. The average molecular weight is 339 g/mol. The number of hydrogen-bond acceptors (Lipinski definition) is 4. The minimum Gasteiger partial charge on any atom is -0.389 e. The fraction of sp³-hybridized carbons (Fsp3) is 0.118. The molecule has 0 bridgehead atoms. The summed E-state index contributed by atoms with van der Waals surface area (Å²) in [5.74, 6) is 0.272. The monoisotopic (exact) mass is 339 g/mol. The van der Waals surface area contributed by atoms with Crippen LogP contribution in [0.3, 0.4) is 0 Å². The van der Waals surface area contributed by atoms with Crippen molar-refractivity contribution in [3.05, 3.63) is 59.7 Å². The van der Waals surface area contributed by atoms with Gasteiger partial charge in [-0.05, 0) is 30.7 Å². The largest absolute Gasteiger partial charge is 0.389 e. The number of thiazole rings is 1. The number of para-hydroxylation sites is 1. The van der Waals surface area contributed by atoms with Gasteiger partial charge < -0.3 is 16.6 Å². The molecule has 2 aromatic carbocycles. The number of nitrogens with zero attached hydrogens (tertiary/aromatic N) is 3. The number of rotatable bonds is 3. The number of fused-ring (bicyclic) bond motifs is 1. The van der Waals surface area contributed by atoms with Crippen LogP contribution in [0, 0.1) is 0 Å². The Labute approximate surface area is 143 Å². The lowest BCUT2D eigenvalue weighted by Crippen LogP contribution is -2.19. The maximum Gasteiger partial charge on any atom is 0.224 e. The molecule has 3 aromatic rings. The molecule has 0 radical (unpaired) electrons. The Balaban J connectivity index is 1.87. The van der Waals surface area contributed by atoms with Crippen molar-refractivity contribution in [2.24, 2.45) is 21.5 Å².